The van der Waals surface area contributed by atoms with Gasteiger partial charge >= 0.3 is 5.97 Å². The van der Waals surface area contributed by atoms with Crippen molar-refractivity contribution in [3.05, 3.63) is 41.5 Å². The maximum atomic E-state index is 12.1. The van der Waals surface area contributed by atoms with E-state index in [1.807, 2.05) is 0 Å². The van der Waals surface area contributed by atoms with E-state index in [0.29, 0.717) is 10.6 Å². The number of rotatable bonds is 8. The third kappa shape index (κ3) is 4.59. The zero-order valence-corrected chi connectivity index (χ0v) is 13.7. The van der Waals surface area contributed by atoms with Crippen LogP contribution in [0.1, 0.15) is 46.9 Å². The lowest BCUT2D eigenvalue weighted by Crippen LogP contribution is -2.14. The Balaban J connectivity index is 2.11. The number of unbranched alkanes of at least 4 members (excludes halogenated alkanes) is 2. The highest BCUT2D eigenvalue weighted by Gasteiger charge is 2.22. The molecule has 0 atom stereocenters. The Morgan fingerprint density at radius 2 is 2.00 bits per heavy atom. The first-order valence-corrected chi connectivity index (χ1v) is 8.43. The number of amides is 1. The van der Waals surface area contributed by atoms with E-state index in [-0.39, 0.29) is 17.3 Å². The summed E-state index contributed by atoms with van der Waals surface area (Å²) in [4.78, 5) is 23.6. The van der Waals surface area contributed by atoms with E-state index >= 15 is 0 Å². The van der Waals surface area contributed by atoms with Gasteiger partial charge in [0.1, 0.15) is 16.4 Å². The van der Waals surface area contributed by atoms with Gasteiger partial charge in [-0.2, -0.15) is 5.10 Å². The summed E-state index contributed by atoms with van der Waals surface area (Å²) in [5, 5.41) is 19.0. The van der Waals surface area contributed by atoms with E-state index < -0.39 is 5.97 Å². The van der Waals surface area contributed by atoms with Crippen LogP contribution in [0.25, 0.3) is 0 Å². The van der Waals surface area contributed by atoms with Gasteiger partial charge in [0.25, 0.3) is 5.91 Å². The van der Waals surface area contributed by atoms with Gasteiger partial charge in [-0.3, -0.25) is 9.89 Å². The molecule has 0 radical (unpaired) electrons. The van der Waals surface area contributed by atoms with E-state index in [2.05, 4.69) is 22.4 Å². The molecule has 0 aliphatic heterocycles. The van der Waals surface area contributed by atoms with Crippen molar-refractivity contribution in [3.63, 3.8) is 0 Å². The molecule has 0 aliphatic carbocycles. The van der Waals surface area contributed by atoms with Gasteiger partial charge in [-0.05, 0) is 24.3 Å². The second-order valence-corrected chi connectivity index (χ2v) is 6.04. The number of aromatic nitrogens is 2. The van der Waals surface area contributed by atoms with Crippen molar-refractivity contribution in [1.29, 1.82) is 0 Å². The van der Waals surface area contributed by atoms with Crippen LogP contribution in [0.5, 0.6) is 0 Å². The lowest BCUT2D eigenvalue weighted by atomic mass is 10.2. The third-order valence-electron chi connectivity index (χ3n) is 3.21. The van der Waals surface area contributed by atoms with E-state index in [1.54, 1.807) is 30.3 Å². The Morgan fingerprint density at radius 1 is 1.26 bits per heavy atom. The first kappa shape index (κ1) is 17.1. The zero-order valence-electron chi connectivity index (χ0n) is 12.8. The monoisotopic (exact) mass is 333 g/mol. The van der Waals surface area contributed by atoms with Crippen LogP contribution in [0.4, 0.5) is 5.82 Å². The number of aromatic carboxylic acids is 1. The Morgan fingerprint density at radius 3 is 2.65 bits per heavy atom. The van der Waals surface area contributed by atoms with Crippen molar-refractivity contribution in [2.45, 2.75) is 31.2 Å². The molecule has 0 aliphatic rings. The molecule has 0 fully saturated rings. The molecule has 7 heteroatoms. The number of hydrogen-bond donors (Lipinski definition) is 3. The molecule has 1 amide bonds. The van der Waals surface area contributed by atoms with Gasteiger partial charge in [0.2, 0.25) is 0 Å². The molecular weight excluding hydrogens is 314 g/mol. The largest absolute Gasteiger partial charge is 0.477 e. The average Bonchev–Trinajstić information content (AvgIpc) is 2.95. The van der Waals surface area contributed by atoms with Gasteiger partial charge < -0.3 is 10.4 Å². The Kier molecular flexibility index (Phi) is 6.22. The van der Waals surface area contributed by atoms with E-state index in [9.17, 15) is 14.7 Å². The molecule has 2 rings (SSSR count). The van der Waals surface area contributed by atoms with Crippen molar-refractivity contribution in [2.75, 3.05) is 11.1 Å². The lowest BCUT2D eigenvalue weighted by Gasteiger charge is -2.04. The van der Waals surface area contributed by atoms with Gasteiger partial charge in [0.05, 0.1) is 0 Å². The maximum Gasteiger partial charge on any atom is 0.342 e. The predicted octanol–water partition coefficient (Wildman–Crippen LogP) is 3.64. The number of benzene rings is 1. The number of nitrogens with zero attached hydrogens (tertiary/aromatic N) is 1. The zero-order chi connectivity index (χ0) is 16.7. The highest BCUT2D eigenvalue weighted by atomic mass is 32.2. The molecule has 23 heavy (non-hydrogen) atoms. The number of carbonyl (C=O) groups excluding carboxylic acids is 1. The summed E-state index contributed by atoms with van der Waals surface area (Å²) in [5.41, 5.74) is 0.464. The molecule has 0 spiro atoms. The summed E-state index contributed by atoms with van der Waals surface area (Å²) in [6.07, 6.45) is 3.20. The average molecular weight is 333 g/mol. The summed E-state index contributed by atoms with van der Waals surface area (Å²) in [7, 11) is 0. The minimum absolute atomic E-state index is 0.00998. The van der Waals surface area contributed by atoms with Crippen molar-refractivity contribution < 1.29 is 14.7 Å². The molecule has 0 saturated heterocycles. The van der Waals surface area contributed by atoms with Crippen LogP contribution in [0.15, 0.2) is 35.4 Å². The molecule has 2 aromatic rings. The number of nitrogens with one attached hydrogen (secondary N) is 2. The van der Waals surface area contributed by atoms with Gasteiger partial charge in [-0.15, -0.1) is 11.8 Å². The smallest absolute Gasteiger partial charge is 0.342 e. The Bertz CT molecular complexity index is 670. The summed E-state index contributed by atoms with van der Waals surface area (Å²) in [5.74, 6) is -0.575. The van der Waals surface area contributed by atoms with Crippen LogP contribution in [-0.2, 0) is 0 Å². The molecule has 122 valence electrons. The topological polar surface area (TPSA) is 95.1 Å². The molecule has 3 N–H and O–H groups in total. The summed E-state index contributed by atoms with van der Waals surface area (Å²) < 4.78 is 0. The minimum atomic E-state index is -1.11. The molecule has 6 nitrogen and oxygen atoms in total. The van der Waals surface area contributed by atoms with Crippen molar-refractivity contribution in [2.24, 2.45) is 0 Å². The van der Waals surface area contributed by atoms with Crippen LogP contribution < -0.4 is 5.32 Å². The van der Waals surface area contributed by atoms with Crippen molar-refractivity contribution >= 4 is 29.5 Å². The second-order valence-electron chi connectivity index (χ2n) is 4.96. The number of anilines is 1. The molecule has 1 aromatic carbocycles. The van der Waals surface area contributed by atoms with Crippen LogP contribution >= 0.6 is 11.8 Å². The lowest BCUT2D eigenvalue weighted by molar-refractivity contribution is 0.0694. The number of aromatic amines is 1. The number of carbonyl (C=O) groups is 2. The molecule has 1 aromatic heterocycles. The van der Waals surface area contributed by atoms with Crippen LogP contribution in [0.2, 0.25) is 0 Å². The quantitative estimate of drug-likeness (QED) is 0.506. The first-order chi connectivity index (χ1) is 11.1. The van der Waals surface area contributed by atoms with E-state index in [4.69, 9.17) is 0 Å². The fourth-order valence-corrected chi connectivity index (χ4v) is 3.00. The number of carboxylic acid groups (broad SMARTS) is 1. The van der Waals surface area contributed by atoms with Gasteiger partial charge in [-0.1, -0.05) is 38.0 Å². The highest BCUT2D eigenvalue weighted by molar-refractivity contribution is 7.99. The standard InChI is InChI=1S/C16H19N3O3S/c1-2-3-7-10-23-15-12(16(21)22)13(18-19-15)17-14(20)11-8-5-4-6-9-11/h4-6,8-9H,2-3,7,10H2,1H3,(H,21,22)(H2,17,18,19,20). The molecule has 0 bridgehead atoms. The summed E-state index contributed by atoms with van der Waals surface area (Å²) in [6, 6.07) is 8.61. The van der Waals surface area contributed by atoms with E-state index in [0.717, 1.165) is 25.0 Å². The third-order valence-corrected chi connectivity index (χ3v) is 4.27. The molecule has 0 unspecified atom stereocenters. The molecular formula is C16H19N3O3S. The predicted molar refractivity (Wildman–Crippen MR) is 90.2 cm³/mol. The fraction of sp³-hybridized carbons (Fsp3) is 0.312. The number of thioether (sulfide) groups is 1. The van der Waals surface area contributed by atoms with Crippen molar-refractivity contribution in [1.82, 2.24) is 10.2 Å². The summed E-state index contributed by atoms with van der Waals surface area (Å²) in [6.45, 7) is 2.11. The van der Waals surface area contributed by atoms with E-state index in [1.165, 1.54) is 11.8 Å². The molecule has 0 saturated carbocycles. The van der Waals surface area contributed by atoms with Crippen LogP contribution in [-0.4, -0.2) is 32.9 Å². The minimum Gasteiger partial charge on any atom is -0.477 e. The SMILES string of the molecule is CCCCCSc1n[nH]c(NC(=O)c2ccccc2)c1C(=O)O. The number of H-pyrrole nitrogens is 1. The van der Waals surface area contributed by atoms with Gasteiger partial charge in [-0.25, -0.2) is 4.79 Å². The number of hydrogen-bond acceptors (Lipinski definition) is 4. The fourth-order valence-electron chi connectivity index (χ4n) is 2.01. The Hall–Kier alpha value is -2.28. The van der Waals surface area contributed by atoms with Crippen LogP contribution in [0.3, 0.4) is 0 Å². The van der Waals surface area contributed by atoms with Crippen LogP contribution in [0, 0.1) is 0 Å². The normalized spacial score (nSPS) is 10.5. The first-order valence-electron chi connectivity index (χ1n) is 7.44. The summed E-state index contributed by atoms with van der Waals surface area (Å²) >= 11 is 1.38. The van der Waals surface area contributed by atoms with Gasteiger partial charge in [0.15, 0.2) is 0 Å². The van der Waals surface area contributed by atoms with Gasteiger partial charge in [0, 0.05) is 5.56 Å². The molecule has 1 heterocycles. The number of carboxylic acids is 1. The Labute approximate surface area is 138 Å². The van der Waals surface area contributed by atoms with Crippen molar-refractivity contribution in [3.8, 4) is 0 Å². The highest BCUT2D eigenvalue weighted by Crippen LogP contribution is 2.27. The maximum absolute atomic E-state index is 12.1. The second kappa shape index (κ2) is 8.38.